The molecule has 0 unspecified atom stereocenters. The third kappa shape index (κ3) is 5.64. The number of carbonyl (C=O) groups is 1. The second-order valence-electron chi connectivity index (χ2n) is 5.97. The van der Waals surface area contributed by atoms with E-state index in [0.717, 1.165) is 19.3 Å². The molecule has 122 valence electrons. The summed E-state index contributed by atoms with van der Waals surface area (Å²) in [4.78, 5) is 11.8. The zero-order valence-corrected chi connectivity index (χ0v) is 12.8. The third-order valence-electron chi connectivity index (χ3n) is 4.00. The van der Waals surface area contributed by atoms with Crippen LogP contribution in [0.2, 0.25) is 0 Å². The van der Waals surface area contributed by atoms with Crippen LogP contribution in [0.4, 0.5) is 4.39 Å². The van der Waals surface area contributed by atoms with Crippen LogP contribution < -0.4 is 10.1 Å². The summed E-state index contributed by atoms with van der Waals surface area (Å²) in [7, 11) is 0. The van der Waals surface area contributed by atoms with Gasteiger partial charge >= 0.3 is 0 Å². The average Bonchev–Trinajstić information content (AvgIpc) is 2.49. The van der Waals surface area contributed by atoms with Gasteiger partial charge in [-0.2, -0.15) is 0 Å². The van der Waals surface area contributed by atoms with E-state index in [4.69, 9.17) is 4.74 Å². The van der Waals surface area contributed by atoms with Crippen molar-refractivity contribution in [3.05, 3.63) is 30.1 Å². The van der Waals surface area contributed by atoms with Crippen molar-refractivity contribution < 1.29 is 19.0 Å². The van der Waals surface area contributed by atoms with Gasteiger partial charge in [0, 0.05) is 6.54 Å². The first kappa shape index (κ1) is 16.7. The summed E-state index contributed by atoms with van der Waals surface area (Å²) in [6.45, 7) is 0.965. The Balaban J connectivity index is 1.58. The van der Waals surface area contributed by atoms with Crippen molar-refractivity contribution in [1.82, 2.24) is 5.32 Å². The minimum absolute atomic E-state index is 0.105. The topological polar surface area (TPSA) is 58.6 Å². The molecule has 0 heterocycles. The van der Waals surface area contributed by atoms with Crippen LogP contribution in [-0.2, 0) is 4.79 Å². The molecule has 1 saturated carbocycles. The van der Waals surface area contributed by atoms with E-state index in [1.165, 1.54) is 12.1 Å². The summed E-state index contributed by atoms with van der Waals surface area (Å²) in [5.41, 5.74) is -0.813. The van der Waals surface area contributed by atoms with E-state index >= 15 is 0 Å². The first-order chi connectivity index (χ1) is 10.6. The lowest BCUT2D eigenvalue weighted by Gasteiger charge is -2.31. The fraction of sp³-hybridized carbons (Fsp3) is 0.588. The van der Waals surface area contributed by atoms with Crippen molar-refractivity contribution in [2.24, 2.45) is 0 Å². The van der Waals surface area contributed by atoms with Gasteiger partial charge in [-0.25, -0.2) is 4.39 Å². The SMILES string of the molecule is O=C(CC1(O)CCCCC1)NCCCOc1ccc(F)cc1. The Morgan fingerprint density at radius 1 is 1.23 bits per heavy atom. The third-order valence-corrected chi connectivity index (χ3v) is 4.00. The van der Waals surface area contributed by atoms with Gasteiger partial charge in [0.1, 0.15) is 11.6 Å². The Hall–Kier alpha value is -1.62. The maximum absolute atomic E-state index is 12.7. The summed E-state index contributed by atoms with van der Waals surface area (Å²) < 4.78 is 18.2. The summed E-state index contributed by atoms with van der Waals surface area (Å²) in [5.74, 6) is 0.218. The fourth-order valence-corrected chi connectivity index (χ4v) is 2.77. The van der Waals surface area contributed by atoms with E-state index in [-0.39, 0.29) is 18.1 Å². The predicted molar refractivity (Wildman–Crippen MR) is 82.2 cm³/mol. The number of halogens is 1. The fourth-order valence-electron chi connectivity index (χ4n) is 2.77. The summed E-state index contributed by atoms with van der Waals surface area (Å²) >= 11 is 0. The van der Waals surface area contributed by atoms with E-state index in [9.17, 15) is 14.3 Å². The van der Waals surface area contributed by atoms with Gasteiger partial charge in [0.25, 0.3) is 0 Å². The van der Waals surface area contributed by atoms with Gasteiger partial charge in [-0.05, 0) is 43.5 Å². The number of benzene rings is 1. The molecule has 0 bridgehead atoms. The van der Waals surface area contributed by atoms with Crippen LogP contribution in [0.15, 0.2) is 24.3 Å². The molecule has 2 rings (SSSR count). The van der Waals surface area contributed by atoms with Crippen LogP contribution in [0.5, 0.6) is 5.75 Å². The van der Waals surface area contributed by atoms with Gasteiger partial charge in [0.05, 0.1) is 18.6 Å². The molecular weight excluding hydrogens is 285 g/mol. The molecule has 1 aromatic carbocycles. The van der Waals surface area contributed by atoms with E-state index in [2.05, 4.69) is 5.32 Å². The molecule has 1 aromatic rings. The molecule has 1 aliphatic carbocycles. The van der Waals surface area contributed by atoms with Crippen LogP contribution in [0, 0.1) is 5.82 Å². The Morgan fingerprint density at radius 3 is 2.59 bits per heavy atom. The normalized spacial score (nSPS) is 17.0. The largest absolute Gasteiger partial charge is 0.494 e. The Morgan fingerprint density at radius 2 is 1.91 bits per heavy atom. The number of amides is 1. The first-order valence-corrected chi connectivity index (χ1v) is 7.95. The second-order valence-corrected chi connectivity index (χ2v) is 5.97. The minimum atomic E-state index is -0.813. The molecule has 1 fully saturated rings. The van der Waals surface area contributed by atoms with E-state index in [0.29, 0.717) is 38.2 Å². The number of nitrogens with one attached hydrogen (secondary N) is 1. The minimum Gasteiger partial charge on any atom is -0.494 e. The number of hydrogen-bond acceptors (Lipinski definition) is 3. The van der Waals surface area contributed by atoms with Crippen molar-refractivity contribution in [2.45, 2.75) is 50.5 Å². The highest BCUT2D eigenvalue weighted by molar-refractivity contribution is 5.76. The molecule has 0 atom stereocenters. The number of aliphatic hydroxyl groups is 1. The lowest BCUT2D eigenvalue weighted by molar-refractivity contribution is -0.127. The molecule has 4 nitrogen and oxygen atoms in total. The average molecular weight is 309 g/mol. The molecule has 0 spiro atoms. The van der Waals surface area contributed by atoms with Crippen LogP contribution in [-0.4, -0.2) is 29.8 Å². The van der Waals surface area contributed by atoms with Crippen LogP contribution in [0.1, 0.15) is 44.9 Å². The number of rotatable bonds is 7. The zero-order valence-electron chi connectivity index (χ0n) is 12.8. The predicted octanol–water partition coefficient (Wildman–Crippen LogP) is 2.80. The molecule has 0 aromatic heterocycles. The maximum Gasteiger partial charge on any atom is 0.222 e. The number of hydrogen-bond donors (Lipinski definition) is 2. The quantitative estimate of drug-likeness (QED) is 0.762. The van der Waals surface area contributed by atoms with Gasteiger partial charge in [-0.1, -0.05) is 19.3 Å². The van der Waals surface area contributed by atoms with Crippen molar-refractivity contribution in [3.63, 3.8) is 0 Å². The molecule has 0 aliphatic heterocycles. The highest BCUT2D eigenvalue weighted by Crippen LogP contribution is 2.30. The smallest absolute Gasteiger partial charge is 0.222 e. The van der Waals surface area contributed by atoms with Gasteiger partial charge in [-0.15, -0.1) is 0 Å². The van der Waals surface area contributed by atoms with E-state index in [1.54, 1.807) is 12.1 Å². The Bertz CT molecular complexity index is 469. The monoisotopic (exact) mass is 309 g/mol. The van der Waals surface area contributed by atoms with Crippen molar-refractivity contribution in [3.8, 4) is 5.75 Å². The molecule has 1 amide bonds. The summed E-state index contributed by atoms with van der Waals surface area (Å²) in [5, 5.41) is 13.1. The molecule has 22 heavy (non-hydrogen) atoms. The lowest BCUT2D eigenvalue weighted by atomic mass is 9.82. The van der Waals surface area contributed by atoms with Gasteiger partial charge in [0.15, 0.2) is 0 Å². The van der Waals surface area contributed by atoms with Crippen LogP contribution in [0.25, 0.3) is 0 Å². The van der Waals surface area contributed by atoms with Gasteiger partial charge in [-0.3, -0.25) is 4.79 Å². The standard InChI is InChI=1S/C17H24FNO3/c18-14-5-7-15(8-6-14)22-12-4-11-19-16(20)13-17(21)9-2-1-3-10-17/h5-8,21H,1-4,9-13H2,(H,19,20). The van der Waals surface area contributed by atoms with Crippen LogP contribution >= 0.6 is 0 Å². The molecular formula is C17H24FNO3. The maximum atomic E-state index is 12.7. The molecule has 5 heteroatoms. The first-order valence-electron chi connectivity index (χ1n) is 7.95. The number of ether oxygens (including phenoxy) is 1. The van der Waals surface area contributed by atoms with Crippen molar-refractivity contribution in [2.75, 3.05) is 13.2 Å². The van der Waals surface area contributed by atoms with E-state index in [1.807, 2.05) is 0 Å². The highest BCUT2D eigenvalue weighted by atomic mass is 19.1. The van der Waals surface area contributed by atoms with Crippen molar-refractivity contribution in [1.29, 1.82) is 0 Å². The summed E-state index contributed by atoms with van der Waals surface area (Å²) in [6.07, 6.45) is 5.42. The summed E-state index contributed by atoms with van der Waals surface area (Å²) in [6, 6.07) is 5.85. The molecule has 0 saturated heterocycles. The number of carbonyl (C=O) groups excluding carboxylic acids is 1. The van der Waals surface area contributed by atoms with Crippen molar-refractivity contribution >= 4 is 5.91 Å². The lowest BCUT2D eigenvalue weighted by Crippen LogP contribution is -2.38. The molecule has 2 N–H and O–H groups in total. The van der Waals surface area contributed by atoms with E-state index < -0.39 is 5.60 Å². The zero-order chi connectivity index (χ0) is 15.8. The van der Waals surface area contributed by atoms with Crippen LogP contribution in [0.3, 0.4) is 0 Å². The van der Waals surface area contributed by atoms with Gasteiger partial charge < -0.3 is 15.2 Å². The molecule has 1 aliphatic rings. The van der Waals surface area contributed by atoms with Gasteiger partial charge in [0.2, 0.25) is 5.91 Å². The Labute approximate surface area is 130 Å². The Kier molecular flexibility index (Phi) is 6.19. The second kappa shape index (κ2) is 8.13. The highest BCUT2D eigenvalue weighted by Gasteiger charge is 2.31. The molecule has 0 radical (unpaired) electrons.